The van der Waals surface area contributed by atoms with Gasteiger partial charge in [-0.25, -0.2) is 0 Å². The quantitative estimate of drug-likeness (QED) is 0.685. The van der Waals surface area contributed by atoms with Gasteiger partial charge in [-0.05, 0) is 56.5 Å². The summed E-state index contributed by atoms with van der Waals surface area (Å²) in [5, 5.41) is 5.69. The molecule has 0 aliphatic heterocycles. The molecule has 0 saturated heterocycles. The molecule has 2 aromatic rings. The second-order valence-electron chi connectivity index (χ2n) is 6.66. The highest BCUT2D eigenvalue weighted by atomic mass is 16.5. The lowest BCUT2D eigenvalue weighted by Gasteiger charge is -2.18. The van der Waals surface area contributed by atoms with Crippen LogP contribution in [0.4, 0.5) is 5.69 Å². The van der Waals surface area contributed by atoms with Crippen LogP contribution in [0.25, 0.3) is 0 Å². The van der Waals surface area contributed by atoms with Crippen molar-refractivity contribution in [3.8, 4) is 5.75 Å². The molecule has 2 rings (SSSR count). The summed E-state index contributed by atoms with van der Waals surface area (Å²) in [6, 6.07) is 12.8. The Hall–Kier alpha value is -2.82. The molecule has 0 bridgehead atoms. The van der Waals surface area contributed by atoms with E-state index in [1.165, 1.54) is 0 Å². The summed E-state index contributed by atoms with van der Waals surface area (Å²) in [6.07, 6.45) is 1.30. The van der Waals surface area contributed by atoms with Gasteiger partial charge in [0, 0.05) is 17.8 Å². The smallest absolute Gasteiger partial charge is 0.265 e. The number of carbonyl (C=O) groups is 2. The summed E-state index contributed by atoms with van der Waals surface area (Å²) in [5.74, 6) is 0.324. The summed E-state index contributed by atoms with van der Waals surface area (Å²) in [6.45, 7) is 8.33. The van der Waals surface area contributed by atoms with Gasteiger partial charge in [-0.1, -0.05) is 37.6 Å². The van der Waals surface area contributed by atoms with Crippen molar-refractivity contribution < 1.29 is 14.3 Å². The van der Waals surface area contributed by atoms with E-state index in [-0.39, 0.29) is 11.8 Å². The SMILES string of the molecule is CCCCNC(=O)c1cccc(NC(=O)C(C)Oc2c(C)cccc2C)c1. The monoisotopic (exact) mass is 368 g/mol. The molecule has 1 unspecified atom stereocenters. The summed E-state index contributed by atoms with van der Waals surface area (Å²) >= 11 is 0. The van der Waals surface area contributed by atoms with Gasteiger partial charge in [0.1, 0.15) is 5.75 Å². The number of amides is 2. The van der Waals surface area contributed by atoms with Crippen LogP contribution in [-0.4, -0.2) is 24.5 Å². The number of hydrogen-bond donors (Lipinski definition) is 2. The Morgan fingerprint density at radius 2 is 1.74 bits per heavy atom. The van der Waals surface area contributed by atoms with Crippen molar-refractivity contribution in [2.24, 2.45) is 0 Å². The second-order valence-corrected chi connectivity index (χ2v) is 6.66. The highest BCUT2D eigenvalue weighted by Crippen LogP contribution is 2.24. The molecule has 2 N–H and O–H groups in total. The van der Waals surface area contributed by atoms with Gasteiger partial charge in [0.2, 0.25) is 0 Å². The number of unbranched alkanes of at least 4 members (excludes halogenated alkanes) is 1. The van der Waals surface area contributed by atoms with Crippen molar-refractivity contribution in [1.29, 1.82) is 0 Å². The van der Waals surface area contributed by atoms with E-state index in [2.05, 4.69) is 17.6 Å². The van der Waals surface area contributed by atoms with Crippen LogP contribution in [0.1, 0.15) is 48.2 Å². The highest BCUT2D eigenvalue weighted by molar-refractivity contribution is 5.98. The first-order chi connectivity index (χ1) is 12.9. The van der Waals surface area contributed by atoms with E-state index in [0.717, 1.165) is 29.7 Å². The predicted molar refractivity (Wildman–Crippen MR) is 108 cm³/mol. The molecule has 27 heavy (non-hydrogen) atoms. The van der Waals surface area contributed by atoms with Crippen molar-refractivity contribution in [1.82, 2.24) is 5.32 Å². The third kappa shape index (κ3) is 5.84. The Morgan fingerprint density at radius 1 is 1.07 bits per heavy atom. The molecule has 0 aromatic heterocycles. The Balaban J connectivity index is 2.00. The summed E-state index contributed by atoms with van der Waals surface area (Å²) in [4.78, 5) is 24.7. The minimum Gasteiger partial charge on any atom is -0.480 e. The molecule has 0 heterocycles. The van der Waals surface area contributed by atoms with Crippen molar-refractivity contribution in [2.45, 2.75) is 46.6 Å². The first kappa shape index (κ1) is 20.5. The summed E-state index contributed by atoms with van der Waals surface area (Å²) < 4.78 is 5.86. The third-order valence-electron chi connectivity index (χ3n) is 4.28. The van der Waals surface area contributed by atoms with Crippen LogP contribution in [0.5, 0.6) is 5.75 Å². The van der Waals surface area contributed by atoms with Gasteiger partial charge in [0.05, 0.1) is 0 Å². The molecule has 0 spiro atoms. The largest absolute Gasteiger partial charge is 0.480 e. The van der Waals surface area contributed by atoms with E-state index in [4.69, 9.17) is 4.74 Å². The molecule has 2 amide bonds. The Morgan fingerprint density at radius 3 is 2.41 bits per heavy atom. The van der Waals surface area contributed by atoms with E-state index in [1.807, 2.05) is 32.0 Å². The Kier molecular flexibility index (Phi) is 7.41. The van der Waals surface area contributed by atoms with Gasteiger partial charge in [-0.15, -0.1) is 0 Å². The topological polar surface area (TPSA) is 67.4 Å². The zero-order chi connectivity index (χ0) is 19.8. The molecular weight excluding hydrogens is 340 g/mol. The van der Waals surface area contributed by atoms with Crippen LogP contribution in [0.3, 0.4) is 0 Å². The van der Waals surface area contributed by atoms with Crippen molar-refractivity contribution >= 4 is 17.5 Å². The van der Waals surface area contributed by atoms with E-state index in [9.17, 15) is 9.59 Å². The molecule has 0 radical (unpaired) electrons. The van der Waals surface area contributed by atoms with Crippen LogP contribution in [0, 0.1) is 13.8 Å². The number of carbonyl (C=O) groups excluding carboxylic acids is 2. The van der Waals surface area contributed by atoms with E-state index in [0.29, 0.717) is 17.8 Å². The summed E-state index contributed by atoms with van der Waals surface area (Å²) in [7, 11) is 0. The van der Waals surface area contributed by atoms with Gasteiger partial charge in [-0.3, -0.25) is 9.59 Å². The van der Waals surface area contributed by atoms with Crippen LogP contribution in [-0.2, 0) is 4.79 Å². The van der Waals surface area contributed by atoms with Gasteiger partial charge in [0.25, 0.3) is 11.8 Å². The first-order valence-electron chi connectivity index (χ1n) is 9.34. The fourth-order valence-corrected chi connectivity index (χ4v) is 2.68. The maximum atomic E-state index is 12.5. The van der Waals surface area contributed by atoms with Gasteiger partial charge >= 0.3 is 0 Å². The number of aryl methyl sites for hydroxylation is 2. The minimum atomic E-state index is -0.660. The summed E-state index contributed by atoms with van der Waals surface area (Å²) in [5.41, 5.74) is 3.06. The molecular formula is C22H28N2O3. The normalized spacial score (nSPS) is 11.6. The van der Waals surface area contributed by atoms with E-state index >= 15 is 0 Å². The van der Waals surface area contributed by atoms with Crippen LogP contribution >= 0.6 is 0 Å². The van der Waals surface area contributed by atoms with Crippen molar-refractivity contribution in [2.75, 3.05) is 11.9 Å². The molecule has 2 aromatic carbocycles. The average molecular weight is 368 g/mol. The average Bonchev–Trinajstić information content (AvgIpc) is 2.65. The molecule has 5 heteroatoms. The molecule has 144 valence electrons. The Bertz CT molecular complexity index is 782. The maximum Gasteiger partial charge on any atom is 0.265 e. The third-order valence-corrected chi connectivity index (χ3v) is 4.28. The van der Waals surface area contributed by atoms with Gasteiger partial charge < -0.3 is 15.4 Å². The zero-order valence-corrected chi connectivity index (χ0v) is 16.5. The molecule has 5 nitrogen and oxygen atoms in total. The highest BCUT2D eigenvalue weighted by Gasteiger charge is 2.17. The Labute approximate surface area is 161 Å². The van der Waals surface area contributed by atoms with Gasteiger partial charge in [-0.2, -0.15) is 0 Å². The van der Waals surface area contributed by atoms with E-state index in [1.54, 1.807) is 31.2 Å². The molecule has 0 aliphatic carbocycles. The van der Waals surface area contributed by atoms with Gasteiger partial charge in [0.15, 0.2) is 6.10 Å². The number of ether oxygens (including phenoxy) is 1. The van der Waals surface area contributed by atoms with Crippen LogP contribution in [0.2, 0.25) is 0 Å². The number of benzene rings is 2. The number of nitrogens with one attached hydrogen (secondary N) is 2. The predicted octanol–water partition coefficient (Wildman–Crippen LogP) is 4.24. The standard InChI is InChI=1S/C22H28N2O3/c1-5-6-13-23-22(26)18-11-8-12-19(14-18)24-21(25)17(4)27-20-15(2)9-7-10-16(20)3/h7-12,14,17H,5-6,13H2,1-4H3,(H,23,26)(H,24,25). The fraction of sp³-hybridized carbons (Fsp3) is 0.364. The lowest BCUT2D eigenvalue weighted by molar-refractivity contribution is -0.122. The maximum absolute atomic E-state index is 12.5. The van der Waals surface area contributed by atoms with E-state index < -0.39 is 6.10 Å². The second kappa shape index (κ2) is 9.76. The number of hydrogen-bond acceptors (Lipinski definition) is 3. The number of anilines is 1. The lowest BCUT2D eigenvalue weighted by atomic mass is 10.1. The number of para-hydroxylation sites is 1. The zero-order valence-electron chi connectivity index (χ0n) is 16.5. The molecule has 0 fully saturated rings. The first-order valence-corrected chi connectivity index (χ1v) is 9.34. The number of rotatable bonds is 8. The lowest BCUT2D eigenvalue weighted by Crippen LogP contribution is -2.30. The fourth-order valence-electron chi connectivity index (χ4n) is 2.68. The van der Waals surface area contributed by atoms with Crippen molar-refractivity contribution in [3.05, 3.63) is 59.2 Å². The molecule has 0 aliphatic rings. The van der Waals surface area contributed by atoms with Crippen molar-refractivity contribution in [3.63, 3.8) is 0 Å². The molecule has 0 saturated carbocycles. The van der Waals surface area contributed by atoms with Crippen LogP contribution < -0.4 is 15.4 Å². The molecule has 1 atom stereocenters. The van der Waals surface area contributed by atoms with Crippen LogP contribution in [0.15, 0.2) is 42.5 Å². The minimum absolute atomic E-state index is 0.139.